The Bertz CT molecular complexity index is 332. The molecular formula is C12H21N3. The van der Waals surface area contributed by atoms with Gasteiger partial charge in [-0.05, 0) is 25.7 Å². The molecule has 1 rings (SSSR count). The van der Waals surface area contributed by atoms with Crippen LogP contribution in [0.1, 0.15) is 44.3 Å². The highest BCUT2D eigenvalue weighted by Crippen LogP contribution is 2.16. The van der Waals surface area contributed by atoms with Gasteiger partial charge in [-0.2, -0.15) is 0 Å². The molecular weight excluding hydrogens is 186 g/mol. The van der Waals surface area contributed by atoms with E-state index in [9.17, 15) is 0 Å². The predicted molar refractivity (Wildman–Crippen MR) is 63.7 cm³/mol. The lowest BCUT2D eigenvalue weighted by Gasteiger charge is -2.11. The molecule has 0 bridgehead atoms. The molecule has 3 heteroatoms. The lowest BCUT2D eigenvalue weighted by atomic mass is 10.0. The number of nitrogens with zero attached hydrogens (tertiary/aromatic N) is 2. The summed E-state index contributed by atoms with van der Waals surface area (Å²) < 4.78 is 0. The van der Waals surface area contributed by atoms with Crippen molar-refractivity contribution in [1.82, 2.24) is 9.97 Å². The van der Waals surface area contributed by atoms with Crippen molar-refractivity contribution in [3.05, 3.63) is 17.1 Å². The van der Waals surface area contributed by atoms with Crippen molar-refractivity contribution >= 4 is 5.82 Å². The molecule has 0 saturated heterocycles. The van der Waals surface area contributed by atoms with Crippen LogP contribution in [-0.2, 0) is 12.8 Å². The quantitative estimate of drug-likeness (QED) is 0.825. The van der Waals surface area contributed by atoms with Crippen molar-refractivity contribution in [3.63, 3.8) is 0 Å². The first-order valence-electron chi connectivity index (χ1n) is 5.66. The summed E-state index contributed by atoms with van der Waals surface area (Å²) in [6, 6.07) is 0. The van der Waals surface area contributed by atoms with Gasteiger partial charge in [0.1, 0.15) is 11.6 Å². The summed E-state index contributed by atoms with van der Waals surface area (Å²) in [7, 11) is 0. The van der Waals surface area contributed by atoms with Crippen LogP contribution in [0.25, 0.3) is 0 Å². The summed E-state index contributed by atoms with van der Waals surface area (Å²) in [5.74, 6) is 2.13. The van der Waals surface area contributed by atoms with Crippen molar-refractivity contribution < 1.29 is 0 Å². The fraction of sp³-hybridized carbons (Fsp3) is 0.667. The largest absolute Gasteiger partial charge is 0.383 e. The van der Waals surface area contributed by atoms with Crippen LogP contribution in [0.3, 0.4) is 0 Å². The van der Waals surface area contributed by atoms with E-state index in [0.29, 0.717) is 11.7 Å². The topological polar surface area (TPSA) is 51.8 Å². The van der Waals surface area contributed by atoms with E-state index in [1.807, 2.05) is 6.92 Å². The van der Waals surface area contributed by atoms with Gasteiger partial charge in [0.05, 0.1) is 0 Å². The summed E-state index contributed by atoms with van der Waals surface area (Å²) in [6.07, 6.45) is 2.95. The standard InChI is InChI=1S/C12H21N3/c1-5-6-11-14-10(7-8(2)3)9(4)12(13)15-11/h8H,5-7H2,1-4H3,(H2,13,14,15). The van der Waals surface area contributed by atoms with Crippen molar-refractivity contribution in [3.8, 4) is 0 Å². The van der Waals surface area contributed by atoms with E-state index >= 15 is 0 Å². The van der Waals surface area contributed by atoms with Gasteiger partial charge in [0.2, 0.25) is 0 Å². The van der Waals surface area contributed by atoms with Gasteiger partial charge in [0.15, 0.2) is 0 Å². The summed E-state index contributed by atoms with van der Waals surface area (Å²) >= 11 is 0. The lowest BCUT2D eigenvalue weighted by molar-refractivity contribution is 0.626. The normalized spacial score (nSPS) is 11.0. The number of rotatable bonds is 4. The van der Waals surface area contributed by atoms with Gasteiger partial charge < -0.3 is 5.73 Å². The Balaban J connectivity index is 3.01. The third kappa shape index (κ3) is 3.18. The Morgan fingerprint density at radius 3 is 2.47 bits per heavy atom. The monoisotopic (exact) mass is 207 g/mol. The van der Waals surface area contributed by atoms with Crippen LogP contribution in [-0.4, -0.2) is 9.97 Å². The Labute approximate surface area is 92.1 Å². The molecule has 0 saturated carbocycles. The molecule has 1 aromatic rings. The molecule has 1 aromatic heterocycles. The fourth-order valence-electron chi connectivity index (χ4n) is 1.56. The van der Waals surface area contributed by atoms with Crippen molar-refractivity contribution in [2.75, 3.05) is 5.73 Å². The van der Waals surface area contributed by atoms with E-state index in [2.05, 4.69) is 30.7 Å². The zero-order valence-electron chi connectivity index (χ0n) is 10.2. The number of aromatic nitrogens is 2. The molecule has 84 valence electrons. The molecule has 15 heavy (non-hydrogen) atoms. The number of hydrogen-bond acceptors (Lipinski definition) is 3. The van der Waals surface area contributed by atoms with Crippen LogP contribution in [0.2, 0.25) is 0 Å². The van der Waals surface area contributed by atoms with Crippen molar-refractivity contribution in [2.45, 2.75) is 47.0 Å². The summed E-state index contributed by atoms with van der Waals surface area (Å²) in [5, 5.41) is 0. The molecule has 0 aliphatic heterocycles. The summed E-state index contributed by atoms with van der Waals surface area (Å²) in [6.45, 7) is 8.51. The summed E-state index contributed by atoms with van der Waals surface area (Å²) in [5.41, 5.74) is 8.03. The third-order valence-electron chi connectivity index (χ3n) is 2.41. The summed E-state index contributed by atoms with van der Waals surface area (Å²) in [4.78, 5) is 8.87. The first-order valence-corrected chi connectivity index (χ1v) is 5.66. The molecule has 0 aromatic carbocycles. The smallest absolute Gasteiger partial charge is 0.131 e. The third-order valence-corrected chi connectivity index (χ3v) is 2.41. The van der Waals surface area contributed by atoms with Crippen LogP contribution in [0.4, 0.5) is 5.82 Å². The Kier molecular flexibility index (Phi) is 4.06. The molecule has 0 fully saturated rings. The van der Waals surface area contributed by atoms with Crippen LogP contribution in [0.15, 0.2) is 0 Å². The van der Waals surface area contributed by atoms with E-state index < -0.39 is 0 Å². The highest BCUT2D eigenvalue weighted by molar-refractivity contribution is 5.41. The number of nitrogens with two attached hydrogens (primary N) is 1. The molecule has 0 spiro atoms. The Morgan fingerprint density at radius 2 is 1.93 bits per heavy atom. The van der Waals surface area contributed by atoms with E-state index in [-0.39, 0.29) is 0 Å². The van der Waals surface area contributed by atoms with Crippen LogP contribution < -0.4 is 5.73 Å². The van der Waals surface area contributed by atoms with Gasteiger partial charge in [-0.15, -0.1) is 0 Å². The predicted octanol–water partition coefficient (Wildman–Crippen LogP) is 2.52. The van der Waals surface area contributed by atoms with Gasteiger partial charge in [-0.25, -0.2) is 9.97 Å². The van der Waals surface area contributed by atoms with Crippen molar-refractivity contribution in [1.29, 1.82) is 0 Å². The Morgan fingerprint density at radius 1 is 1.27 bits per heavy atom. The van der Waals surface area contributed by atoms with Gasteiger partial charge in [-0.3, -0.25) is 0 Å². The molecule has 1 heterocycles. The average Bonchev–Trinajstić information content (AvgIpc) is 2.13. The van der Waals surface area contributed by atoms with E-state index in [4.69, 9.17) is 5.73 Å². The van der Waals surface area contributed by atoms with E-state index in [1.165, 1.54) is 0 Å². The molecule has 3 nitrogen and oxygen atoms in total. The fourth-order valence-corrected chi connectivity index (χ4v) is 1.56. The zero-order valence-corrected chi connectivity index (χ0v) is 10.2. The number of aryl methyl sites for hydroxylation is 1. The molecule has 0 aliphatic carbocycles. The van der Waals surface area contributed by atoms with Gasteiger partial charge in [0, 0.05) is 17.7 Å². The molecule has 0 unspecified atom stereocenters. The SMILES string of the molecule is CCCc1nc(N)c(C)c(CC(C)C)n1. The molecule has 0 aliphatic rings. The van der Waals surface area contributed by atoms with E-state index in [0.717, 1.165) is 36.3 Å². The maximum atomic E-state index is 5.88. The maximum absolute atomic E-state index is 5.88. The lowest BCUT2D eigenvalue weighted by Crippen LogP contribution is -2.09. The highest BCUT2D eigenvalue weighted by atomic mass is 15.0. The first kappa shape index (κ1) is 12.0. The number of hydrogen-bond donors (Lipinski definition) is 1. The first-order chi connectivity index (χ1) is 7.04. The minimum Gasteiger partial charge on any atom is -0.383 e. The van der Waals surface area contributed by atoms with Crippen LogP contribution in [0.5, 0.6) is 0 Å². The number of anilines is 1. The second-order valence-electron chi connectivity index (χ2n) is 4.44. The van der Waals surface area contributed by atoms with Crippen LogP contribution >= 0.6 is 0 Å². The zero-order chi connectivity index (χ0) is 11.4. The average molecular weight is 207 g/mol. The second kappa shape index (κ2) is 5.10. The molecule has 2 N–H and O–H groups in total. The molecule has 0 radical (unpaired) electrons. The highest BCUT2D eigenvalue weighted by Gasteiger charge is 2.09. The molecule has 0 atom stereocenters. The second-order valence-corrected chi connectivity index (χ2v) is 4.44. The van der Waals surface area contributed by atoms with Crippen molar-refractivity contribution in [2.24, 2.45) is 5.92 Å². The maximum Gasteiger partial charge on any atom is 0.131 e. The van der Waals surface area contributed by atoms with Gasteiger partial charge in [0.25, 0.3) is 0 Å². The number of nitrogen functional groups attached to an aromatic ring is 1. The minimum absolute atomic E-state index is 0.604. The molecule has 0 amide bonds. The van der Waals surface area contributed by atoms with Crippen LogP contribution in [0, 0.1) is 12.8 Å². The van der Waals surface area contributed by atoms with Gasteiger partial charge in [-0.1, -0.05) is 20.8 Å². The van der Waals surface area contributed by atoms with E-state index in [1.54, 1.807) is 0 Å². The Hall–Kier alpha value is -1.12. The minimum atomic E-state index is 0.604. The van der Waals surface area contributed by atoms with Gasteiger partial charge >= 0.3 is 0 Å².